The zero-order valence-electron chi connectivity index (χ0n) is 21.2. The molecular formula is C28H37NO6S. The molecule has 196 valence electrons. The second-order valence-electron chi connectivity index (χ2n) is 9.58. The Kier molecular flexibility index (Phi) is 10.1. The Balaban J connectivity index is 1.92. The molecule has 2 aromatic rings. The van der Waals surface area contributed by atoms with E-state index >= 15 is 0 Å². The normalized spacial score (nSPS) is 16.2. The average molecular weight is 516 g/mol. The van der Waals surface area contributed by atoms with E-state index < -0.39 is 34.0 Å². The van der Waals surface area contributed by atoms with E-state index in [1.54, 1.807) is 42.5 Å². The lowest BCUT2D eigenvalue weighted by Gasteiger charge is -2.32. The molecule has 1 unspecified atom stereocenters. The van der Waals surface area contributed by atoms with Gasteiger partial charge in [0.2, 0.25) is 5.91 Å². The summed E-state index contributed by atoms with van der Waals surface area (Å²) in [5.74, 6) is -1.06. The Morgan fingerprint density at radius 3 is 2.28 bits per heavy atom. The number of amides is 1. The van der Waals surface area contributed by atoms with Crippen molar-refractivity contribution in [2.75, 3.05) is 6.61 Å². The zero-order valence-corrected chi connectivity index (χ0v) is 22.0. The maximum atomic E-state index is 13.8. The number of para-hydroxylation sites is 1. The third kappa shape index (κ3) is 7.40. The summed E-state index contributed by atoms with van der Waals surface area (Å²) in [5.41, 5.74) is -0.901. The Bertz CT molecular complexity index is 1090. The Labute approximate surface area is 214 Å². The lowest BCUT2D eigenvalue weighted by molar-refractivity contribution is -0.157. The van der Waals surface area contributed by atoms with E-state index in [-0.39, 0.29) is 23.1 Å². The van der Waals surface area contributed by atoms with Crippen LogP contribution in [0.4, 0.5) is 0 Å². The number of hydrogen-bond donors (Lipinski definition) is 1. The number of esters is 1. The van der Waals surface area contributed by atoms with Crippen LogP contribution in [0.15, 0.2) is 59.5 Å². The number of carbonyl (C=O) groups is 2. The molecule has 1 aliphatic rings. The van der Waals surface area contributed by atoms with Gasteiger partial charge in [0.05, 0.1) is 11.5 Å². The van der Waals surface area contributed by atoms with Crippen LogP contribution in [0.3, 0.4) is 0 Å². The van der Waals surface area contributed by atoms with Crippen molar-refractivity contribution in [3.8, 4) is 5.75 Å². The van der Waals surface area contributed by atoms with Gasteiger partial charge < -0.3 is 10.1 Å². The number of rotatable bonds is 12. The summed E-state index contributed by atoms with van der Waals surface area (Å²) >= 11 is 0. The highest BCUT2D eigenvalue weighted by Crippen LogP contribution is 2.32. The lowest BCUT2D eigenvalue weighted by atomic mass is 9.81. The molecule has 0 aliphatic heterocycles. The van der Waals surface area contributed by atoms with Gasteiger partial charge in [-0.25, -0.2) is 0 Å². The van der Waals surface area contributed by atoms with Crippen LogP contribution in [-0.4, -0.2) is 32.9 Å². The molecule has 0 heterocycles. The second kappa shape index (κ2) is 13.0. The topological polar surface area (TPSA) is 98.8 Å². The van der Waals surface area contributed by atoms with Gasteiger partial charge in [-0.2, -0.15) is 8.42 Å². The number of carbonyl (C=O) groups excluding carboxylic acids is 2. The predicted molar refractivity (Wildman–Crippen MR) is 138 cm³/mol. The molecule has 36 heavy (non-hydrogen) atoms. The maximum absolute atomic E-state index is 13.8. The van der Waals surface area contributed by atoms with Crippen molar-refractivity contribution >= 4 is 22.0 Å². The van der Waals surface area contributed by atoms with E-state index in [0.29, 0.717) is 6.42 Å². The number of benzene rings is 2. The molecule has 7 nitrogen and oxygen atoms in total. The molecule has 0 spiro atoms. The summed E-state index contributed by atoms with van der Waals surface area (Å²) < 4.78 is 37.1. The molecular weight excluding hydrogens is 478 g/mol. The molecule has 1 saturated carbocycles. The number of hydrogen-bond acceptors (Lipinski definition) is 6. The van der Waals surface area contributed by atoms with Crippen LogP contribution < -0.4 is 10.1 Å². The fourth-order valence-electron chi connectivity index (χ4n) is 4.40. The molecule has 0 aromatic heterocycles. The molecule has 1 amide bonds. The van der Waals surface area contributed by atoms with Crippen molar-refractivity contribution in [2.24, 2.45) is 5.41 Å². The molecule has 1 aliphatic carbocycles. The number of nitrogens with one attached hydrogen (secondary N) is 1. The van der Waals surface area contributed by atoms with E-state index in [0.717, 1.165) is 50.5 Å². The monoisotopic (exact) mass is 515 g/mol. The van der Waals surface area contributed by atoms with Crippen LogP contribution in [0.2, 0.25) is 0 Å². The quantitative estimate of drug-likeness (QED) is 0.135. The van der Waals surface area contributed by atoms with Crippen LogP contribution in [-0.2, 0) is 23.9 Å². The molecule has 3 rings (SSSR count). The van der Waals surface area contributed by atoms with Crippen molar-refractivity contribution < 1.29 is 26.9 Å². The lowest BCUT2D eigenvalue weighted by Crippen LogP contribution is -2.54. The van der Waals surface area contributed by atoms with Crippen LogP contribution in [0, 0.1) is 12.3 Å². The average Bonchev–Trinajstić information content (AvgIpc) is 2.87. The highest BCUT2D eigenvalue weighted by molar-refractivity contribution is 7.86. The first-order valence-electron chi connectivity index (χ1n) is 12.8. The molecule has 1 atom stereocenters. The van der Waals surface area contributed by atoms with Crippen LogP contribution in [0.1, 0.15) is 70.3 Å². The highest BCUT2D eigenvalue weighted by Gasteiger charge is 2.49. The van der Waals surface area contributed by atoms with Gasteiger partial charge in [0, 0.05) is 6.04 Å². The third-order valence-corrected chi connectivity index (χ3v) is 7.97. The van der Waals surface area contributed by atoms with E-state index in [9.17, 15) is 18.0 Å². The molecule has 1 fully saturated rings. The molecule has 0 radical (unpaired) electrons. The van der Waals surface area contributed by atoms with Gasteiger partial charge in [-0.1, -0.05) is 81.3 Å². The van der Waals surface area contributed by atoms with E-state index in [1.165, 1.54) is 12.1 Å². The van der Waals surface area contributed by atoms with E-state index in [2.05, 4.69) is 5.32 Å². The minimum absolute atomic E-state index is 0.0281. The fraction of sp³-hybridized carbons (Fsp3) is 0.500. The summed E-state index contributed by atoms with van der Waals surface area (Å²) in [7, 11) is -4.20. The van der Waals surface area contributed by atoms with Gasteiger partial charge in [-0.05, 0) is 50.5 Å². The number of ether oxygens (including phenoxy) is 1. The minimum atomic E-state index is -4.20. The first-order chi connectivity index (χ1) is 17.3. The summed E-state index contributed by atoms with van der Waals surface area (Å²) in [6.07, 6.45) is 7.09. The molecule has 2 aromatic carbocycles. The zero-order chi connectivity index (χ0) is 26.0. The minimum Gasteiger partial charge on any atom is -0.426 e. The molecule has 8 heteroatoms. The van der Waals surface area contributed by atoms with Crippen molar-refractivity contribution in [3.63, 3.8) is 0 Å². The Morgan fingerprint density at radius 2 is 1.64 bits per heavy atom. The van der Waals surface area contributed by atoms with Crippen LogP contribution in [0.25, 0.3) is 0 Å². The van der Waals surface area contributed by atoms with Crippen molar-refractivity contribution in [1.29, 1.82) is 0 Å². The molecule has 0 saturated heterocycles. The van der Waals surface area contributed by atoms with Gasteiger partial charge in [-0.3, -0.25) is 13.8 Å². The Hall–Kier alpha value is -2.71. The Morgan fingerprint density at radius 1 is 0.972 bits per heavy atom. The van der Waals surface area contributed by atoms with Crippen LogP contribution >= 0.6 is 0 Å². The smallest absolute Gasteiger partial charge is 0.329 e. The van der Waals surface area contributed by atoms with E-state index in [4.69, 9.17) is 8.92 Å². The second-order valence-corrected chi connectivity index (χ2v) is 11.2. The fourth-order valence-corrected chi connectivity index (χ4v) is 5.36. The van der Waals surface area contributed by atoms with Crippen LogP contribution in [0.5, 0.6) is 5.75 Å². The van der Waals surface area contributed by atoms with Crippen molar-refractivity contribution in [2.45, 2.75) is 82.6 Å². The van der Waals surface area contributed by atoms with Gasteiger partial charge >= 0.3 is 5.97 Å². The molecule has 0 bridgehead atoms. The van der Waals surface area contributed by atoms with Gasteiger partial charge in [-0.15, -0.1) is 0 Å². The summed E-state index contributed by atoms with van der Waals surface area (Å²) in [4.78, 5) is 27.4. The first kappa shape index (κ1) is 27.9. The predicted octanol–water partition coefficient (Wildman–Crippen LogP) is 5.32. The molecule has 1 N–H and O–H groups in total. The highest BCUT2D eigenvalue weighted by atomic mass is 32.2. The standard InChI is InChI=1S/C28H37NO6S/c1-3-4-11-20-28(26(30)29-23-12-7-5-8-13-23,27(31)35-24-14-9-6-10-15-24)21-34-36(32,33)25-18-16-22(2)17-19-25/h6,9-10,14-19,23H,3-5,7-8,11-13,20-21H2,1-2H3,(H,29,30). The summed E-state index contributed by atoms with van der Waals surface area (Å²) in [6, 6.07) is 14.7. The van der Waals surface area contributed by atoms with Crippen molar-refractivity contribution in [1.82, 2.24) is 5.32 Å². The van der Waals surface area contributed by atoms with Gasteiger partial charge in [0.25, 0.3) is 10.1 Å². The van der Waals surface area contributed by atoms with Gasteiger partial charge in [0.15, 0.2) is 5.41 Å². The third-order valence-electron chi connectivity index (χ3n) is 6.70. The first-order valence-corrected chi connectivity index (χ1v) is 14.2. The summed E-state index contributed by atoms with van der Waals surface area (Å²) in [5, 5.41) is 3.02. The number of aryl methyl sites for hydroxylation is 1. The van der Waals surface area contributed by atoms with Gasteiger partial charge in [0.1, 0.15) is 5.75 Å². The largest absolute Gasteiger partial charge is 0.426 e. The van der Waals surface area contributed by atoms with Crippen molar-refractivity contribution in [3.05, 3.63) is 60.2 Å². The van der Waals surface area contributed by atoms with E-state index in [1.807, 2.05) is 13.8 Å². The summed E-state index contributed by atoms with van der Waals surface area (Å²) in [6.45, 7) is 3.24. The number of unbranched alkanes of at least 4 members (excludes halogenated alkanes) is 2. The maximum Gasteiger partial charge on any atom is 0.329 e. The SMILES string of the molecule is CCCCCC(COS(=O)(=O)c1ccc(C)cc1)(C(=O)NC1CCCCC1)C(=O)Oc1ccccc1.